The van der Waals surface area contributed by atoms with Crippen LogP contribution < -0.4 is 0 Å². The molecule has 1 aromatic rings. The standard InChI is InChI=1S/C24H25IO6/c1-12-17-9-10-24(4,31-14(3)26)18-11-19(13(2)20(18)21(17)30-22(12)27)29-23(28)15-5-7-16(25)8-6-15/h5-8,17-19,21H,1,9-11H2,2-4H3/t17-,18?,19-,21-,24+/m0/s1. The molecule has 0 aromatic heterocycles. The highest BCUT2D eigenvalue weighted by Crippen LogP contribution is 2.53. The maximum Gasteiger partial charge on any atom is 0.338 e. The fourth-order valence-electron chi connectivity index (χ4n) is 5.18. The summed E-state index contributed by atoms with van der Waals surface area (Å²) in [6.07, 6.45) is 0.758. The van der Waals surface area contributed by atoms with Crippen molar-refractivity contribution in [3.8, 4) is 0 Å². The first-order valence-corrected chi connectivity index (χ1v) is 11.4. The molecule has 1 saturated heterocycles. The van der Waals surface area contributed by atoms with E-state index < -0.39 is 23.8 Å². The van der Waals surface area contributed by atoms with Crippen LogP contribution in [0.15, 0.2) is 47.6 Å². The Bertz CT molecular complexity index is 994. The number of hydrogen-bond donors (Lipinski definition) is 0. The molecule has 3 aliphatic rings. The zero-order chi connectivity index (χ0) is 22.5. The van der Waals surface area contributed by atoms with E-state index in [2.05, 4.69) is 29.2 Å². The van der Waals surface area contributed by atoms with Gasteiger partial charge in [-0.15, -0.1) is 0 Å². The molecule has 0 spiro atoms. The molecular formula is C24H25IO6. The maximum atomic E-state index is 12.8. The van der Waals surface area contributed by atoms with Gasteiger partial charge in [-0.3, -0.25) is 4.79 Å². The van der Waals surface area contributed by atoms with Gasteiger partial charge < -0.3 is 14.2 Å². The average molecular weight is 536 g/mol. The highest BCUT2D eigenvalue weighted by molar-refractivity contribution is 14.1. The van der Waals surface area contributed by atoms with Crippen LogP contribution in [0.3, 0.4) is 0 Å². The third-order valence-electron chi connectivity index (χ3n) is 6.77. The summed E-state index contributed by atoms with van der Waals surface area (Å²) in [4.78, 5) is 36.9. The van der Waals surface area contributed by atoms with Gasteiger partial charge in [-0.25, -0.2) is 9.59 Å². The predicted molar refractivity (Wildman–Crippen MR) is 121 cm³/mol. The topological polar surface area (TPSA) is 78.9 Å². The van der Waals surface area contributed by atoms with E-state index in [4.69, 9.17) is 14.2 Å². The monoisotopic (exact) mass is 536 g/mol. The summed E-state index contributed by atoms with van der Waals surface area (Å²) in [6, 6.07) is 7.18. The molecule has 1 aliphatic heterocycles. The summed E-state index contributed by atoms with van der Waals surface area (Å²) in [5, 5.41) is 0. The zero-order valence-corrected chi connectivity index (χ0v) is 19.9. The van der Waals surface area contributed by atoms with Crippen LogP contribution in [0.25, 0.3) is 0 Å². The minimum atomic E-state index is -0.774. The number of fused-ring (bicyclic) bond motifs is 3. The maximum absolute atomic E-state index is 12.8. The second-order valence-corrected chi connectivity index (χ2v) is 9.98. The molecule has 0 bridgehead atoms. The Labute approximate surface area is 195 Å². The normalized spacial score (nSPS) is 32.1. The van der Waals surface area contributed by atoms with Crippen LogP contribution in [0.4, 0.5) is 0 Å². The average Bonchev–Trinajstić information content (AvgIpc) is 3.13. The molecule has 1 unspecified atom stereocenters. The predicted octanol–water partition coefficient (Wildman–Crippen LogP) is 4.37. The number of rotatable bonds is 3. The second kappa shape index (κ2) is 8.07. The SMILES string of the molecule is C=C1C(=O)O[C@@H]2C3=C(C)[C@@H](OC(=O)c4ccc(I)cc4)CC3[C@](C)(OC(C)=O)CC[C@@H]12. The van der Waals surface area contributed by atoms with Crippen molar-refractivity contribution in [3.05, 3.63) is 56.7 Å². The summed E-state index contributed by atoms with van der Waals surface area (Å²) in [5.74, 6) is -1.52. The molecule has 31 heavy (non-hydrogen) atoms. The third kappa shape index (κ3) is 3.92. The highest BCUT2D eigenvalue weighted by Gasteiger charge is 2.56. The molecule has 4 rings (SSSR count). The number of carbonyl (C=O) groups is 3. The van der Waals surface area contributed by atoms with E-state index in [1.807, 2.05) is 26.0 Å². The Morgan fingerprint density at radius 1 is 1.26 bits per heavy atom. The van der Waals surface area contributed by atoms with Gasteiger partial charge in [0.15, 0.2) is 0 Å². The van der Waals surface area contributed by atoms with Crippen LogP contribution >= 0.6 is 22.6 Å². The molecule has 164 valence electrons. The number of ether oxygens (including phenoxy) is 3. The van der Waals surface area contributed by atoms with Gasteiger partial charge in [0.05, 0.1) is 5.56 Å². The van der Waals surface area contributed by atoms with Crippen molar-refractivity contribution in [1.29, 1.82) is 0 Å². The minimum Gasteiger partial charge on any atom is -0.459 e. The molecule has 1 aromatic carbocycles. The largest absolute Gasteiger partial charge is 0.459 e. The Morgan fingerprint density at radius 2 is 1.94 bits per heavy atom. The lowest BCUT2D eigenvalue weighted by atomic mass is 9.81. The van der Waals surface area contributed by atoms with Gasteiger partial charge in [0.25, 0.3) is 0 Å². The molecule has 2 aliphatic carbocycles. The van der Waals surface area contributed by atoms with Gasteiger partial charge in [0, 0.05) is 27.9 Å². The molecule has 0 amide bonds. The second-order valence-electron chi connectivity index (χ2n) is 8.73. The Hall–Kier alpha value is -2.16. The third-order valence-corrected chi connectivity index (χ3v) is 7.49. The number of hydrogen-bond acceptors (Lipinski definition) is 6. The van der Waals surface area contributed by atoms with Gasteiger partial charge in [0.1, 0.15) is 17.8 Å². The van der Waals surface area contributed by atoms with Crippen LogP contribution in [0, 0.1) is 15.4 Å². The summed E-state index contributed by atoms with van der Waals surface area (Å²) in [6.45, 7) is 9.16. The molecule has 0 N–H and O–H groups in total. The van der Waals surface area contributed by atoms with Gasteiger partial charge in [0.2, 0.25) is 0 Å². The van der Waals surface area contributed by atoms with Crippen LogP contribution in [-0.2, 0) is 23.8 Å². The smallest absolute Gasteiger partial charge is 0.338 e. The van der Waals surface area contributed by atoms with Crippen LogP contribution in [-0.4, -0.2) is 35.7 Å². The van der Waals surface area contributed by atoms with Crippen molar-refractivity contribution in [2.45, 2.75) is 57.8 Å². The number of esters is 3. The molecule has 1 saturated carbocycles. The van der Waals surface area contributed by atoms with Crippen LogP contribution in [0.5, 0.6) is 0 Å². The number of halogens is 1. The van der Waals surface area contributed by atoms with Crippen molar-refractivity contribution in [2.75, 3.05) is 0 Å². The molecule has 5 atom stereocenters. The molecule has 1 heterocycles. The Morgan fingerprint density at radius 3 is 2.58 bits per heavy atom. The first kappa shape index (κ1) is 22.0. The van der Waals surface area contributed by atoms with Crippen molar-refractivity contribution < 1.29 is 28.6 Å². The van der Waals surface area contributed by atoms with Crippen molar-refractivity contribution in [3.63, 3.8) is 0 Å². The molecule has 0 radical (unpaired) electrons. The fraction of sp³-hybridized carbons (Fsp3) is 0.458. The van der Waals surface area contributed by atoms with Crippen LogP contribution in [0.1, 0.15) is 50.4 Å². The van der Waals surface area contributed by atoms with Crippen LogP contribution in [0.2, 0.25) is 0 Å². The van der Waals surface area contributed by atoms with Gasteiger partial charge in [-0.05, 0) is 91.1 Å². The lowest BCUT2D eigenvalue weighted by Gasteiger charge is -2.35. The van der Waals surface area contributed by atoms with Crippen molar-refractivity contribution >= 4 is 40.5 Å². The lowest BCUT2D eigenvalue weighted by Crippen LogP contribution is -2.40. The lowest BCUT2D eigenvalue weighted by molar-refractivity contribution is -0.161. The number of carbonyl (C=O) groups excluding carboxylic acids is 3. The summed E-state index contributed by atoms with van der Waals surface area (Å²) < 4.78 is 18.4. The Balaban J connectivity index is 1.68. The van der Waals surface area contributed by atoms with Crippen molar-refractivity contribution in [2.24, 2.45) is 11.8 Å². The first-order valence-electron chi connectivity index (χ1n) is 10.4. The first-order chi connectivity index (χ1) is 14.6. The minimum absolute atomic E-state index is 0.164. The Kier molecular flexibility index (Phi) is 5.74. The van der Waals surface area contributed by atoms with E-state index in [9.17, 15) is 14.4 Å². The summed E-state index contributed by atoms with van der Waals surface area (Å²) >= 11 is 2.18. The van der Waals surface area contributed by atoms with E-state index in [0.717, 1.165) is 14.7 Å². The van der Waals surface area contributed by atoms with E-state index in [-0.39, 0.29) is 23.8 Å². The molecule has 7 heteroatoms. The summed E-state index contributed by atoms with van der Waals surface area (Å²) in [5.41, 5.74) is 1.92. The zero-order valence-electron chi connectivity index (χ0n) is 17.8. The van der Waals surface area contributed by atoms with Gasteiger partial charge in [-0.2, -0.15) is 0 Å². The molecule has 2 fully saturated rings. The van der Waals surface area contributed by atoms with E-state index >= 15 is 0 Å². The van der Waals surface area contributed by atoms with E-state index in [1.165, 1.54) is 6.92 Å². The molecular weight excluding hydrogens is 511 g/mol. The fourth-order valence-corrected chi connectivity index (χ4v) is 5.54. The molecule has 6 nitrogen and oxygen atoms in total. The van der Waals surface area contributed by atoms with Gasteiger partial charge in [-0.1, -0.05) is 6.58 Å². The summed E-state index contributed by atoms with van der Waals surface area (Å²) in [7, 11) is 0. The highest BCUT2D eigenvalue weighted by atomic mass is 127. The van der Waals surface area contributed by atoms with Gasteiger partial charge >= 0.3 is 17.9 Å². The quantitative estimate of drug-likeness (QED) is 0.188. The number of benzene rings is 1. The van der Waals surface area contributed by atoms with Crippen molar-refractivity contribution in [1.82, 2.24) is 0 Å². The van der Waals surface area contributed by atoms with E-state index in [1.54, 1.807) is 12.1 Å². The van der Waals surface area contributed by atoms with E-state index in [0.29, 0.717) is 30.4 Å².